The highest BCUT2D eigenvalue weighted by molar-refractivity contribution is 5.59. The summed E-state index contributed by atoms with van der Waals surface area (Å²) in [7, 11) is 1.65. The van der Waals surface area contributed by atoms with Crippen LogP contribution in [-0.2, 0) is 25.4 Å². The predicted octanol–water partition coefficient (Wildman–Crippen LogP) is 4.53. The van der Waals surface area contributed by atoms with Gasteiger partial charge in [0.2, 0.25) is 6.29 Å². The number of allylic oxidation sites excluding steroid dienone is 4. The van der Waals surface area contributed by atoms with Crippen LogP contribution in [0.2, 0.25) is 0 Å². The first-order chi connectivity index (χ1) is 14.9. The minimum absolute atomic E-state index is 0.165. The van der Waals surface area contributed by atoms with E-state index in [1.165, 1.54) is 0 Å². The number of rotatable bonds is 10. The Labute approximate surface area is 184 Å². The Hall–Kier alpha value is -2.51. The second-order valence-corrected chi connectivity index (χ2v) is 7.53. The Bertz CT molecular complexity index is 756. The van der Waals surface area contributed by atoms with Crippen molar-refractivity contribution in [2.75, 3.05) is 20.3 Å². The van der Waals surface area contributed by atoms with E-state index >= 15 is 0 Å². The molecule has 3 unspecified atom stereocenters. The fraction of sp³-hybridized carbons (Fsp3) is 0.542. The van der Waals surface area contributed by atoms with E-state index in [0.717, 1.165) is 29.1 Å². The maximum Gasteiger partial charge on any atom is 0.508 e. The van der Waals surface area contributed by atoms with E-state index in [-0.39, 0.29) is 19.3 Å². The van der Waals surface area contributed by atoms with Gasteiger partial charge in [0, 0.05) is 19.3 Å². The maximum atomic E-state index is 11.3. The molecule has 31 heavy (non-hydrogen) atoms. The molecule has 1 heterocycles. The predicted molar refractivity (Wildman–Crippen MR) is 117 cm³/mol. The molecule has 1 aromatic carbocycles. The van der Waals surface area contributed by atoms with Gasteiger partial charge < -0.3 is 28.8 Å². The Morgan fingerprint density at radius 1 is 1.19 bits per heavy atom. The highest BCUT2D eigenvalue weighted by atomic mass is 16.7. The Morgan fingerprint density at radius 2 is 1.97 bits per heavy atom. The van der Waals surface area contributed by atoms with Crippen LogP contribution in [0.1, 0.15) is 45.6 Å². The van der Waals surface area contributed by atoms with Crippen LogP contribution in [0.3, 0.4) is 0 Å². The Kier molecular flexibility index (Phi) is 10.4. The standard InChI is InChI=1S/C24H34O7/c1-5-28-24(26)29-13-12-21-15-20(25)16-23(30-21)31-22-9-7-6-8-19(22)14-17(2)10-11-18(3)27-4/h6-11,20-21,23,25H,5,12-16H2,1-4H3. The van der Waals surface area contributed by atoms with Gasteiger partial charge in [-0.3, -0.25) is 0 Å². The molecule has 0 aliphatic carbocycles. The minimum Gasteiger partial charge on any atom is -0.501 e. The number of benzene rings is 1. The number of carbonyl (C=O) groups excluding carboxylic acids is 1. The van der Waals surface area contributed by atoms with Crippen molar-refractivity contribution in [3.63, 3.8) is 0 Å². The molecule has 0 bridgehead atoms. The van der Waals surface area contributed by atoms with Crippen molar-refractivity contribution in [3.8, 4) is 5.75 Å². The fourth-order valence-electron chi connectivity index (χ4n) is 3.24. The molecule has 1 aliphatic rings. The lowest BCUT2D eigenvalue weighted by molar-refractivity contribution is -0.179. The first kappa shape index (κ1) is 24.8. The lowest BCUT2D eigenvalue weighted by atomic mass is 10.0. The molecule has 172 valence electrons. The van der Waals surface area contributed by atoms with E-state index in [2.05, 4.69) is 6.92 Å². The zero-order valence-corrected chi connectivity index (χ0v) is 18.8. The lowest BCUT2D eigenvalue weighted by Crippen LogP contribution is -2.39. The van der Waals surface area contributed by atoms with E-state index in [9.17, 15) is 9.90 Å². The van der Waals surface area contributed by atoms with Crippen LogP contribution < -0.4 is 4.74 Å². The van der Waals surface area contributed by atoms with Crippen molar-refractivity contribution < 1.29 is 33.6 Å². The van der Waals surface area contributed by atoms with Gasteiger partial charge in [0.15, 0.2) is 0 Å². The van der Waals surface area contributed by atoms with E-state index in [0.29, 0.717) is 19.3 Å². The molecule has 0 spiro atoms. The second kappa shape index (κ2) is 13.0. The number of aliphatic hydroxyl groups is 1. The van der Waals surface area contributed by atoms with Crippen LogP contribution in [0, 0.1) is 0 Å². The minimum atomic E-state index is -0.695. The molecule has 1 saturated heterocycles. The van der Waals surface area contributed by atoms with Gasteiger partial charge in [0.05, 0.1) is 38.3 Å². The van der Waals surface area contributed by atoms with Crippen LogP contribution in [0.15, 0.2) is 47.7 Å². The van der Waals surface area contributed by atoms with Crippen molar-refractivity contribution >= 4 is 6.16 Å². The molecule has 0 radical (unpaired) electrons. The summed E-state index contributed by atoms with van der Waals surface area (Å²) in [5.41, 5.74) is 2.19. The summed E-state index contributed by atoms with van der Waals surface area (Å²) in [6, 6.07) is 7.81. The maximum absolute atomic E-state index is 11.3. The van der Waals surface area contributed by atoms with E-state index < -0.39 is 18.5 Å². The number of carbonyl (C=O) groups is 1. The van der Waals surface area contributed by atoms with Crippen LogP contribution in [0.4, 0.5) is 4.79 Å². The van der Waals surface area contributed by atoms with Crippen LogP contribution in [0.25, 0.3) is 0 Å². The topological polar surface area (TPSA) is 83.5 Å². The van der Waals surface area contributed by atoms with Crippen molar-refractivity contribution in [1.82, 2.24) is 0 Å². The van der Waals surface area contributed by atoms with Crippen molar-refractivity contribution in [2.45, 2.75) is 65.0 Å². The molecule has 3 atom stereocenters. The summed E-state index contributed by atoms with van der Waals surface area (Å²) in [5.74, 6) is 1.56. The van der Waals surface area contributed by atoms with Gasteiger partial charge in [-0.1, -0.05) is 29.8 Å². The summed E-state index contributed by atoms with van der Waals surface area (Å²) in [5, 5.41) is 10.3. The quantitative estimate of drug-likeness (QED) is 0.329. The first-order valence-corrected chi connectivity index (χ1v) is 10.7. The van der Waals surface area contributed by atoms with Gasteiger partial charge in [0.1, 0.15) is 5.75 Å². The lowest BCUT2D eigenvalue weighted by Gasteiger charge is -2.33. The molecule has 7 nitrogen and oxygen atoms in total. The monoisotopic (exact) mass is 434 g/mol. The van der Waals surface area contributed by atoms with Crippen LogP contribution >= 0.6 is 0 Å². The molecule has 1 N–H and O–H groups in total. The van der Waals surface area contributed by atoms with E-state index in [1.807, 2.05) is 43.3 Å². The number of aliphatic hydroxyl groups excluding tert-OH is 1. The molecule has 1 aromatic rings. The molecule has 2 rings (SSSR count). The normalized spacial score (nSPS) is 22.0. The van der Waals surface area contributed by atoms with E-state index in [4.69, 9.17) is 23.7 Å². The van der Waals surface area contributed by atoms with E-state index in [1.54, 1.807) is 14.0 Å². The van der Waals surface area contributed by atoms with Crippen molar-refractivity contribution in [2.24, 2.45) is 0 Å². The molecule has 0 amide bonds. The third-order valence-corrected chi connectivity index (χ3v) is 4.89. The number of para-hydroxylation sites is 1. The fourth-order valence-corrected chi connectivity index (χ4v) is 3.24. The Balaban J connectivity index is 1.96. The Morgan fingerprint density at radius 3 is 2.71 bits per heavy atom. The molecule has 0 saturated carbocycles. The smallest absolute Gasteiger partial charge is 0.501 e. The molecule has 1 aliphatic heterocycles. The van der Waals surface area contributed by atoms with Crippen molar-refractivity contribution in [1.29, 1.82) is 0 Å². The highest BCUT2D eigenvalue weighted by Gasteiger charge is 2.30. The average Bonchev–Trinajstić information content (AvgIpc) is 2.73. The third-order valence-electron chi connectivity index (χ3n) is 4.89. The first-order valence-electron chi connectivity index (χ1n) is 10.7. The largest absolute Gasteiger partial charge is 0.508 e. The molecule has 1 fully saturated rings. The summed E-state index contributed by atoms with van der Waals surface area (Å²) >= 11 is 0. The zero-order valence-electron chi connectivity index (χ0n) is 18.8. The zero-order chi connectivity index (χ0) is 22.6. The number of methoxy groups -OCH3 is 1. The average molecular weight is 435 g/mol. The highest BCUT2D eigenvalue weighted by Crippen LogP contribution is 2.28. The summed E-state index contributed by atoms with van der Waals surface area (Å²) in [4.78, 5) is 11.3. The molecular weight excluding hydrogens is 400 g/mol. The van der Waals surface area contributed by atoms with Gasteiger partial charge in [0.25, 0.3) is 0 Å². The molecular formula is C24H34O7. The van der Waals surface area contributed by atoms with Crippen LogP contribution in [-0.4, -0.2) is 50.1 Å². The van der Waals surface area contributed by atoms with Gasteiger partial charge in [-0.05, 0) is 44.9 Å². The number of ether oxygens (including phenoxy) is 5. The number of hydrogen-bond acceptors (Lipinski definition) is 7. The third kappa shape index (κ3) is 9.02. The van der Waals surface area contributed by atoms with Gasteiger partial charge >= 0.3 is 6.16 Å². The summed E-state index contributed by atoms with van der Waals surface area (Å²) < 4.78 is 27.0. The second-order valence-electron chi connectivity index (χ2n) is 7.53. The van der Waals surface area contributed by atoms with Crippen LogP contribution in [0.5, 0.6) is 5.75 Å². The summed E-state index contributed by atoms with van der Waals surface area (Å²) in [6.45, 7) is 6.11. The SMILES string of the molecule is CCOC(=O)OCCC1CC(O)CC(Oc2ccccc2CC(C)=CC=C(C)OC)O1. The number of hydrogen-bond donors (Lipinski definition) is 1. The van der Waals surface area contributed by atoms with Gasteiger partial charge in [-0.2, -0.15) is 0 Å². The molecule has 0 aromatic heterocycles. The van der Waals surface area contributed by atoms with Gasteiger partial charge in [-0.25, -0.2) is 4.79 Å². The van der Waals surface area contributed by atoms with Gasteiger partial charge in [-0.15, -0.1) is 0 Å². The summed E-state index contributed by atoms with van der Waals surface area (Å²) in [6.07, 6.45) is 3.92. The molecule has 7 heteroatoms. The van der Waals surface area contributed by atoms with Crippen molar-refractivity contribution in [3.05, 3.63) is 53.3 Å².